The highest BCUT2D eigenvalue weighted by atomic mass is 19.3. The molecule has 0 atom stereocenters. The van der Waals surface area contributed by atoms with E-state index in [2.05, 4.69) is 14.9 Å². The molecule has 1 N–H and O–H groups in total. The lowest BCUT2D eigenvalue weighted by Gasteiger charge is -2.14. The fourth-order valence-corrected chi connectivity index (χ4v) is 3.26. The quantitative estimate of drug-likeness (QED) is 0.383. The Morgan fingerprint density at radius 2 is 1.91 bits per heavy atom. The number of rotatable bonds is 11. The van der Waals surface area contributed by atoms with E-state index in [0.717, 1.165) is 23.4 Å². The first-order valence-corrected chi connectivity index (χ1v) is 10.8. The molecule has 1 heterocycles. The molecule has 0 aliphatic rings. The van der Waals surface area contributed by atoms with Crippen molar-refractivity contribution in [2.45, 2.75) is 26.4 Å². The van der Waals surface area contributed by atoms with Crippen LogP contribution in [-0.2, 0) is 11.2 Å². The van der Waals surface area contributed by atoms with Gasteiger partial charge in [0.15, 0.2) is 11.5 Å². The van der Waals surface area contributed by atoms with Crippen molar-refractivity contribution in [1.29, 1.82) is 0 Å². The van der Waals surface area contributed by atoms with E-state index in [1.54, 1.807) is 49.2 Å². The Morgan fingerprint density at radius 3 is 2.62 bits per heavy atom. The predicted octanol–water partition coefficient (Wildman–Crippen LogP) is 5.32. The van der Waals surface area contributed by atoms with E-state index >= 15 is 0 Å². The van der Waals surface area contributed by atoms with Gasteiger partial charge < -0.3 is 14.4 Å². The first-order chi connectivity index (χ1) is 16.4. The maximum absolute atomic E-state index is 13.1. The summed E-state index contributed by atoms with van der Waals surface area (Å²) in [5.74, 6) is -0.361. The van der Waals surface area contributed by atoms with Gasteiger partial charge in [-0.15, -0.1) is 0 Å². The average Bonchev–Trinajstić information content (AvgIpc) is 3.28. The van der Waals surface area contributed by atoms with Gasteiger partial charge >= 0.3 is 6.61 Å². The van der Waals surface area contributed by atoms with Gasteiger partial charge in [-0.3, -0.25) is 9.89 Å². The van der Waals surface area contributed by atoms with Gasteiger partial charge in [-0.1, -0.05) is 6.07 Å². The number of carbonyl (C=O) groups is 1. The minimum Gasteiger partial charge on any atom is -0.490 e. The second-order valence-electron chi connectivity index (χ2n) is 7.50. The number of hydrogen-bond acceptors (Lipinski definition) is 4. The summed E-state index contributed by atoms with van der Waals surface area (Å²) >= 11 is 0. The molecular formula is C25H26F3N3O3. The second-order valence-corrected chi connectivity index (χ2v) is 7.50. The van der Waals surface area contributed by atoms with Crippen molar-refractivity contribution in [3.8, 4) is 22.8 Å². The van der Waals surface area contributed by atoms with Gasteiger partial charge in [-0.05, 0) is 73.9 Å². The van der Waals surface area contributed by atoms with Gasteiger partial charge in [0.1, 0.15) is 5.82 Å². The number of alkyl halides is 2. The molecule has 9 heteroatoms. The summed E-state index contributed by atoms with van der Waals surface area (Å²) in [5, 5.41) is 7.22. The van der Waals surface area contributed by atoms with Crippen molar-refractivity contribution in [1.82, 2.24) is 15.1 Å². The summed E-state index contributed by atoms with van der Waals surface area (Å²) in [6, 6.07) is 12.5. The summed E-state index contributed by atoms with van der Waals surface area (Å²) in [7, 11) is 1.70. The number of benzene rings is 2. The molecule has 0 aliphatic heterocycles. The summed E-state index contributed by atoms with van der Waals surface area (Å²) in [4.78, 5) is 14.0. The maximum atomic E-state index is 13.1. The highest BCUT2D eigenvalue weighted by molar-refractivity contribution is 5.91. The number of H-pyrrole nitrogens is 1. The number of nitrogens with zero attached hydrogens (tertiary/aromatic N) is 2. The molecule has 0 unspecified atom stereocenters. The first kappa shape index (κ1) is 24.9. The lowest BCUT2D eigenvalue weighted by molar-refractivity contribution is -0.124. The number of amides is 1. The third kappa shape index (κ3) is 7.13. The zero-order chi connectivity index (χ0) is 24.5. The number of ether oxygens (including phenoxy) is 2. The van der Waals surface area contributed by atoms with Gasteiger partial charge in [-0.25, -0.2) is 4.39 Å². The Hall–Kier alpha value is -3.75. The van der Waals surface area contributed by atoms with E-state index in [4.69, 9.17) is 4.74 Å². The number of aryl methyl sites for hydroxylation is 1. The van der Waals surface area contributed by atoms with E-state index in [0.29, 0.717) is 18.5 Å². The van der Waals surface area contributed by atoms with Crippen molar-refractivity contribution < 1.29 is 27.4 Å². The molecule has 2 aromatic carbocycles. The Morgan fingerprint density at radius 1 is 1.15 bits per heavy atom. The Labute approximate surface area is 196 Å². The van der Waals surface area contributed by atoms with Crippen LogP contribution >= 0.6 is 0 Å². The van der Waals surface area contributed by atoms with Crippen molar-refractivity contribution >= 4 is 12.0 Å². The largest absolute Gasteiger partial charge is 0.490 e. The lowest BCUT2D eigenvalue weighted by atomic mass is 10.1. The number of hydrogen-bond donors (Lipinski definition) is 1. The van der Waals surface area contributed by atoms with Crippen LogP contribution in [0.5, 0.6) is 11.5 Å². The van der Waals surface area contributed by atoms with Crippen molar-refractivity contribution in [3.05, 3.63) is 71.7 Å². The van der Waals surface area contributed by atoms with E-state index in [9.17, 15) is 18.0 Å². The molecule has 3 aromatic rings. The predicted molar refractivity (Wildman–Crippen MR) is 123 cm³/mol. The average molecular weight is 473 g/mol. The highest BCUT2D eigenvalue weighted by Gasteiger charge is 2.12. The number of likely N-dealkylation sites (N-methyl/N-ethyl adjacent to an activating group) is 1. The third-order valence-electron chi connectivity index (χ3n) is 4.99. The minimum atomic E-state index is -2.95. The molecule has 0 bridgehead atoms. The molecule has 1 aromatic heterocycles. The smallest absolute Gasteiger partial charge is 0.387 e. The number of nitrogens with one attached hydrogen (secondary N) is 1. The fraction of sp³-hybridized carbons (Fsp3) is 0.280. The summed E-state index contributed by atoms with van der Waals surface area (Å²) in [6.45, 7) is -0.401. The summed E-state index contributed by atoms with van der Waals surface area (Å²) in [5.41, 5.74) is 3.10. The normalized spacial score (nSPS) is 11.2. The van der Waals surface area contributed by atoms with Crippen LogP contribution in [0.4, 0.5) is 13.2 Å². The van der Waals surface area contributed by atoms with Crippen molar-refractivity contribution in [3.63, 3.8) is 0 Å². The van der Waals surface area contributed by atoms with Gasteiger partial charge in [0, 0.05) is 30.9 Å². The van der Waals surface area contributed by atoms with Crippen LogP contribution in [0.3, 0.4) is 0 Å². The lowest BCUT2D eigenvalue weighted by Crippen LogP contribution is -2.26. The molecular weight excluding hydrogens is 447 g/mol. The van der Waals surface area contributed by atoms with Gasteiger partial charge in [0.05, 0.1) is 12.3 Å². The van der Waals surface area contributed by atoms with Gasteiger partial charge in [0.25, 0.3) is 0 Å². The number of carbonyl (C=O) groups excluding carboxylic acids is 1. The molecule has 180 valence electrons. The standard InChI is InChI=1S/C25H26F3N3O3/c1-3-33-23-15-17(6-12-22(23)34-25(27)28)7-13-24(32)31(2)14-4-5-20-16-21(30-29-20)18-8-10-19(26)11-9-18/h6-13,15-16,25H,3-5,14H2,1-2H3,(H,29,30)/b13-7+. The zero-order valence-corrected chi connectivity index (χ0v) is 18.9. The van der Waals surface area contributed by atoms with Crippen LogP contribution in [0.1, 0.15) is 24.6 Å². The van der Waals surface area contributed by atoms with Crippen LogP contribution in [0, 0.1) is 5.82 Å². The number of aromatic amines is 1. The fourth-order valence-electron chi connectivity index (χ4n) is 3.26. The topological polar surface area (TPSA) is 67.5 Å². The SMILES string of the molecule is CCOc1cc(/C=C/C(=O)N(C)CCCc2cc(-c3ccc(F)cc3)n[nH]2)ccc1OC(F)F. The van der Waals surface area contributed by atoms with Crippen molar-refractivity contribution in [2.24, 2.45) is 0 Å². The molecule has 0 saturated heterocycles. The molecule has 0 fully saturated rings. The maximum Gasteiger partial charge on any atom is 0.387 e. The van der Waals surface area contributed by atoms with Crippen LogP contribution in [0.25, 0.3) is 17.3 Å². The van der Waals surface area contributed by atoms with Gasteiger partial charge in [0.2, 0.25) is 5.91 Å². The van der Waals surface area contributed by atoms with Gasteiger partial charge in [-0.2, -0.15) is 13.9 Å². The molecule has 34 heavy (non-hydrogen) atoms. The Kier molecular flexibility index (Phi) is 8.73. The molecule has 0 aliphatic carbocycles. The first-order valence-electron chi connectivity index (χ1n) is 10.8. The molecule has 6 nitrogen and oxygen atoms in total. The Bertz CT molecular complexity index is 1110. The number of aromatic nitrogens is 2. The minimum absolute atomic E-state index is 0.0566. The second kappa shape index (κ2) is 11.9. The van der Waals surface area contributed by atoms with Crippen molar-refractivity contribution in [2.75, 3.05) is 20.2 Å². The molecule has 3 rings (SSSR count). The number of halogens is 3. The highest BCUT2D eigenvalue weighted by Crippen LogP contribution is 2.30. The molecule has 0 radical (unpaired) electrons. The van der Waals surface area contributed by atoms with E-state index in [1.807, 2.05) is 6.07 Å². The third-order valence-corrected chi connectivity index (χ3v) is 4.99. The Balaban J connectivity index is 1.51. The van der Waals surface area contributed by atoms with E-state index < -0.39 is 6.61 Å². The van der Waals surface area contributed by atoms with Crippen LogP contribution in [-0.4, -0.2) is 47.8 Å². The van der Waals surface area contributed by atoms with Crippen LogP contribution < -0.4 is 9.47 Å². The molecule has 0 spiro atoms. The van der Waals surface area contributed by atoms with E-state index in [1.165, 1.54) is 24.3 Å². The summed E-state index contributed by atoms with van der Waals surface area (Å²) < 4.78 is 47.9. The zero-order valence-electron chi connectivity index (χ0n) is 18.9. The van der Waals surface area contributed by atoms with Crippen LogP contribution in [0.15, 0.2) is 54.6 Å². The van der Waals surface area contributed by atoms with E-state index in [-0.39, 0.29) is 29.8 Å². The summed E-state index contributed by atoms with van der Waals surface area (Å²) in [6.07, 6.45) is 4.42. The monoisotopic (exact) mass is 473 g/mol. The van der Waals surface area contributed by atoms with Crippen LogP contribution in [0.2, 0.25) is 0 Å². The molecule has 1 amide bonds. The molecule has 0 saturated carbocycles.